The van der Waals surface area contributed by atoms with Gasteiger partial charge < -0.3 is 20.5 Å². The van der Waals surface area contributed by atoms with E-state index in [-0.39, 0.29) is 36.4 Å². The van der Waals surface area contributed by atoms with Crippen molar-refractivity contribution in [3.05, 3.63) is 24.0 Å². The Morgan fingerprint density at radius 1 is 1.32 bits per heavy atom. The molecule has 1 heterocycles. The summed E-state index contributed by atoms with van der Waals surface area (Å²) in [6.45, 7) is 1.16. The topological polar surface area (TPSA) is 73.6 Å². The molecule has 0 radical (unpaired) electrons. The Morgan fingerprint density at radius 2 is 2.16 bits per heavy atom. The molecule has 25 heavy (non-hydrogen) atoms. The highest BCUT2D eigenvalue weighted by molar-refractivity contribution is 5.92. The lowest BCUT2D eigenvalue weighted by molar-refractivity contribution is -0.117. The molecule has 1 saturated carbocycles. The molecular formula is C18H26ClFN2O3. The summed E-state index contributed by atoms with van der Waals surface area (Å²) in [5.74, 6) is 0.114. The predicted molar refractivity (Wildman–Crippen MR) is 96.7 cm³/mol. The molecular weight excluding hydrogens is 347 g/mol. The maximum Gasteiger partial charge on any atom is 0.224 e. The zero-order valence-electron chi connectivity index (χ0n) is 14.2. The fourth-order valence-corrected chi connectivity index (χ4v) is 3.44. The Labute approximate surface area is 153 Å². The van der Waals surface area contributed by atoms with Crippen molar-refractivity contribution in [1.82, 2.24) is 0 Å². The van der Waals surface area contributed by atoms with Crippen LogP contribution in [0.15, 0.2) is 18.2 Å². The molecule has 5 nitrogen and oxygen atoms in total. The quantitative estimate of drug-likeness (QED) is 0.803. The molecule has 1 unspecified atom stereocenters. The summed E-state index contributed by atoms with van der Waals surface area (Å²) in [7, 11) is 0. The van der Waals surface area contributed by atoms with Gasteiger partial charge in [0.25, 0.3) is 0 Å². The van der Waals surface area contributed by atoms with Crippen LogP contribution in [0.4, 0.5) is 10.1 Å². The van der Waals surface area contributed by atoms with Gasteiger partial charge in [0.1, 0.15) is 18.2 Å². The second kappa shape index (κ2) is 9.36. The zero-order valence-corrected chi connectivity index (χ0v) is 15.0. The third kappa shape index (κ3) is 5.56. The molecule has 1 saturated heterocycles. The molecule has 1 aromatic carbocycles. The van der Waals surface area contributed by atoms with Gasteiger partial charge in [0.05, 0.1) is 11.8 Å². The number of hydrogen-bond acceptors (Lipinski definition) is 4. The minimum Gasteiger partial charge on any atom is -0.489 e. The van der Waals surface area contributed by atoms with E-state index in [9.17, 15) is 9.18 Å². The molecule has 1 aliphatic carbocycles. The van der Waals surface area contributed by atoms with Gasteiger partial charge >= 0.3 is 0 Å². The molecule has 1 aromatic rings. The third-order valence-corrected chi connectivity index (χ3v) is 4.83. The summed E-state index contributed by atoms with van der Waals surface area (Å²) >= 11 is 0. The fraction of sp³-hybridized carbons (Fsp3) is 0.611. The lowest BCUT2D eigenvalue weighted by atomic mass is 10.00. The maximum absolute atomic E-state index is 13.6. The molecule has 140 valence electrons. The van der Waals surface area contributed by atoms with Crippen molar-refractivity contribution in [2.24, 2.45) is 11.7 Å². The Kier molecular flexibility index (Phi) is 7.47. The Bertz CT molecular complexity index is 581. The van der Waals surface area contributed by atoms with Gasteiger partial charge in [-0.15, -0.1) is 12.4 Å². The summed E-state index contributed by atoms with van der Waals surface area (Å²) in [6.07, 6.45) is 5.42. The van der Waals surface area contributed by atoms with Crippen LogP contribution in [0, 0.1) is 11.7 Å². The molecule has 3 atom stereocenters. The van der Waals surface area contributed by atoms with Gasteiger partial charge in [-0.25, -0.2) is 4.39 Å². The van der Waals surface area contributed by atoms with E-state index in [1.165, 1.54) is 12.1 Å². The van der Waals surface area contributed by atoms with Crippen molar-refractivity contribution in [3.8, 4) is 5.75 Å². The molecule has 7 heteroatoms. The number of amides is 1. The van der Waals surface area contributed by atoms with Crippen LogP contribution in [0.3, 0.4) is 0 Å². The minimum absolute atomic E-state index is 0. The highest BCUT2D eigenvalue weighted by Crippen LogP contribution is 2.29. The van der Waals surface area contributed by atoms with E-state index in [1.54, 1.807) is 6.07 Å². The first-order valence-corrected chi connectivity index (χ1v) is 8.71. The van der Waals surface area contributed by atoms with Crippen LogP contribution in [0.5, 0.6) is 5.75 Å². The van der Waals surface area contributed by atoms with E-state index in [0.717, 1.165) is 38.7 Å². The molecule has 0 bridgehead atoms. The second-order valence-electron chi connectivity index (χ2n) is 6.69. The van der Waals surface area contributed by atoms with Crippen LogP contribution in [0.2, 0.25) is 0 Å². The number of rotatable bonds is 6. The zero-order chi connectivity index (χ0) is 16.9. The van der Waals surface area contributed by atoms with Crippen LogP contribution >= 0.6 is 12.4 Å². The number of halogens is 2. The summed E-state index contributed by atoms with van der Waals surface area (Å²) in [5.41, 5.74) is 6.38. The van der Waals surface area contributed by atoms with E-state index in [0.29, 0.717) is 24.5 Å². The van der Waals surface area contributed by atoms with Gasteiger partial charge in [0.15, 0.2) is 0 Å². The Balaban J connectivity index is 0.00000225. The minimum atomic E-state index is -0.410. The van der Waals surface area contributed by atoms with Crippen LogP contribution in [-0.4, -0.2) is 31.3 Å². The van der Waals surface area contributed by atoms with Crippen LogP contribution in [0.25, 0.3) is 0 Å². The highest BCUT2D eigenvalue weighted by atomic mass is 35.5. The number of carbonyl (C=O) groups excluding carboxylic acids is 1. The Morgan fingerprint density at radius 3 is 2.84 bits per heavy atom. The standard InChI is InChI=1S/C18H25FN2O3.ClH/c19-13-6-7-17(24-11-14-4-2-8-23-14)16(10-13)21-18(22)9-12-3-1-5-15(12)20;/h6-7,10,12,14-15H,1-5,8-9,11,20H2,(H,21,22);1H/t12-,14?,15+;/m0./s1. The van der Waals surface area contributed by atoms with Crippen LogP contribution < -0.4 is 15.8 Å². The fourth-order valence-electron chi connectivity index (χ4n) is 3.44. The first-order valence-electron chi connectivity index (χ1n) is 8.71. The number of anilines is 1. The molecule has 1 amide bonds. The van der Waals surface area contributed by atoms with E-state index in [2.05, 4.69) is 5.32 Å². The molecule has 0 aromatic heterocycles. The van der Waals surface area contributed by atoms with Crippen molar-refractivity contribution in [3.63, 3.8) is 0 Å². The van der Waals surface area contributed by atoms with Gasteiger partial charge in [-0.05, 0) is 43.7 Å². The molecule has 3 rings (SSSR count). The lowest BCUT2D eigenvalue weighted by Gasteiger charge is -2.17. The second-order valence-corrected chi connectivity index (χ2v) is 6.69. The monoisotopic (exact) mass is 372 g/mol. The average Bonchev–Trinajstić information content (AvgIpc) is 3.19. The van der Waals surface area contributed by atoms with E-state index < -0.39 is 5.82 Å². The number of benzene rings is 1. The Hall–Kier alpha value is -1.37. The molecule has 1 aliphatic heterocycles. The number of nitrogens with two attached hydrogens (primary N) is 1. The van der Waals surface area contributed by atoms with Crippen molar-refractivity contribution in [2.45, 2.75) is 50.7 Å². The number of nitrogens with one attached hydrogen (secondary N) is 1. The first-order chi connectivity index (χ1) is 11.6. The SMILES string of the molecule is Cl.N[C@@H]1CCC[C@H]1CC(=O)Nc1cc(F)ccc1OCC1CCCO1. The predicted octanol–water partition coefficient (Wildman–Crippen LogP) is 3.26. The van der Waals surface area contributed by atoms with E-state index >= 15 is 0 Å². The molecule has 0 spiro atoms. The van der Waals surface area contributed by atoms with Crippen molar-refractivity contribution in [1.29, 1.82) is 0 Å². The third-order valence-electron chi connectivity index (χ3n) is 4.83. The van der Waals surface area contributed by atoms with Gasteiger partial charge in [-0.1, -0.05) is 6.42 Å². The van der Waals surface area contributed by atoms with Crippen LogP contribution in [-0.2, 0) is 9.53 Å². The molecule has 2 fully saturated rings. The smallest absolute Gasteiger partial charge is 0.224 e. The normalized spacial score (nSPS) is 25.4. The number of hydrogen-bond donors (Lipinski definition) is 2. The summed E-state index contributed by atoms with van der Waals surface area (Å²) in [5, 5.41) is 2.77. The van der Waals surface area contributed by atoms with Crippen molar-refractivity contribution in [2.75, 3.05) is 18.5 Å². The summed E-state index contributed by atoms with van der Waals surface area (Å²) in [4.78, 5) is 12.3. The highest BCUT2D eigenvalue weighted by Gasteiger charge is 2.26. The van der Waals surface area contributed by atoms with Gasteiger partial charge in [-0.3, -0.25) is 4.79 Å². The van der Waals surface area contributed by atoms with Crippen molar-refractivity contribution >= 4 is 24.0 Å². The first kappa shape index (κ1) is 19.9. The van der Waals surface area contributed by atoms with E-state index in [4.69, 9.17) is 15.2 Å². The lowest BCUT2D eigenvalue weighted by Crippen LogP contribution is -2.28. The number of carbonyl (C=O) groups is 1. The van der Waals surface area contributed by atoms with E-state index in [1.807, 2.05) is 0 Å². The van der Waals surface area contributed by atoms with Gasteiger partial charge in [0, 0.05) is 25.1 Å². The van der Waals surface area contributed by atoms with Crippen molar-refractivity contribution < 1.29 is 18.7 Å². The van der Waals surface area contributed by atoms with Gasteiger partial charge in [-0.2, -0.15) is 0 Å². The number of ether oxygens (including phenoxy) is 2. The maximum atomic E-state index is 13.6. The van der Waals surface area contributed by atoms with Gasteiger partial charge in [0.2, 0.25) is 5.91 Å². The molecule has 3 N–H and O–H groups in total. The summed E-state index contributed by atoms with van der Waals surface area (Å²) < 4.78 is 24.8. The summed E-state index contributed by atoms with van der Waals surface area (Å²) in [6, 6.07) is 4.24. The largest absolute Gasteiger partial charge is 0.489 e. The average molecular weight is 373 g/mol. The molecule has 2 aliphatic rings. The van der Waals surface area contributed by atoms with Crippen LogP contribution in [0.1, 0.15) is 38.5 Å².